The first-order valence-corrected chi connectivity index (χ1v) is 8.63. The lowest BCUT2D eigenvalue weighted by atomic mass is 10.5. The van der Waals surface area contributed by atoms with Crippen LogP contribution in [0.25, 0.3) is 0 Å². The second-order valence-electron chi connectivity index (χ2n) is 3.95. The van der Waals surface area contributed by atoms with E-state index in [2.05, 4.69) is 18.9 Å². The number of carbonyl (C=O) groups is 2. The van der Waals surface area contributed by atoms with Crippen LogP contribution in [0.15, 0.2) is 26.7 Å². The zero-order valence-corrected chi connectivity index (χ0v) is 15.4. The minimum absolute atomic E-state index is 0.126. The Hall–Kier alpha value is -3.00. The number of hydrogen-bond acceptors (Lipinski definition) is 10. The number of nitrogens with zero attached hydrogens (tertiary/aromatic N) is 4. The van der Waals surface area contributed by atoms with Crippen molar-refractivity contribution < 1.29 is 32.3 Å². The highest BCUT2D eigenvalue weighted by Crippen LogP contribution is 2.08. The highest BCUT2D eigenvalue weighted by molar-refractivity contribution is 7.62. The lowest BCUT2D eigenvalue weighted by molar-refractivity contribution is 0.0606. The summed E-state index contributed by atoms with van der Waals surface area (Å²) < 4.78 is 32.9. The SMILES string of the molecule is CCOn1c(OC)nn(C(=O)N=S(=O)=O)c1=O.COC(=O)c1cccs1. The van der Waals surface area contributed by atoms with Gasteiger partial charge in [0.15, 0.2) is 0 Å². The molecule has 0 radical (unpaired) electrons. The number of esters is 1. The highest BCUT2D eigenvalue weighted by Gasteiger charge is 2.19. The minimum Gasteiger partial charge on any atom is -0.465 e. The van der Waals surface area contributed by atoms with Crippen molar-refractivity contribution in [3.63, 3.8) is 0 Å². The molecule has 0 fully saturated rings. The molecule has 0 N–H and O–H groups in total. The summed E-state index contributed by atoms with van der Waals surface area (Å²) in [5.41, 5.74) is -1.01. The maximum atomic E-state index is 11.5. The third-order valence-electron chi connectivity index (χ3n) is 2.40. The lowest BCUT2D eigenvalue weighted by Gasteiger charge is -2.01. The van der Waals surface area contributed by atoms with Crippen LogP contribution >= 0.6 is 11.3 Å². The van der Waals surface area contributed by atoms with Gasteiger partial charge in [0.1, 0.15) is 11.5 Å². The predicted molar refractivity (Wildman–Crippen MR) is 88.0 cm³/mol. The van der Waals surface area contributed by atoms with Crippen LogP contribution in [0, 0.1) is 0 Å². The first-order chi connectivity index (χ1) is 12.3. The monoisotopic (exact) mass is 406 g/mol. The quantitative estimate of drug-likeness (QED) is 0.643. The Labute approximate surface area is 152 Å². The third-order valence-corrected chi connectivity index (χ3v) is 3.55. The van der Waals surface area contributed by atoms with Gasteiger partial charge in [-0.1, -0.05) is 15.2 Å². The molecule has 142 valence electrons. The molecule has 1 amide bonds. The number of amides is 1. The van der Waals surface area contributed by atoms with Gasteiger partial charge < -0.3 is 14.3 Å². The van der Waals surface area contributed by atoms with E-state index in [9.17, 15) is 22.8 Å². The van der Waals surface area contributed by atoms with Gasteiger partial charge in [-0.2, -0.15) is 8.42 Å². The molecule has 0 aromatic carbocycles. The molecule has 0 aliphatic carbocycles. The standard InChI is InChI=1S/C6H8N4O6S.C6H6O2S/c1-3-16-10-5(15-2)7-9(6(10)12)4(11)8-17(13)14;1-8-6(7)5-3-2-4-9-5/h3H2,1-2H3;2-4H,1H3. The molecule has 14 heteroatoms. The zero-order chi connectivity index (χ0) is 19.7. The number of aromatic nitrogens is 3. The molecule has 0 spiro atoms. The molecule has 12 nitrogen and oxygen atoms in total. The maximum Gasteiger partial charge on any atom is 0.391 e. The van der Waals surface area contributed by atoms with Crippen molar-refractivity contribution >= 4 is 33.8 Å². The minimum atomic E-state index is -2.97. The fourth-order valence-corrected chi connectivity index (χ4v) is 2.27. The Morgan fingerprint density at radius 3 is 2.50 bits per heavy atom. The summed E-state index contributed by atoms with van der Waals surface area (Å²) in [4.78, 5) is 38.9. The van der Waals surface area contributed by atoms with E-state index in [1.165, 1.54) is 25.6 Å². The van der Waals surface area contributed by atoms with Gasteiger partial charge in [-0.3, -0.25) is 0 Å². The van der Waals surface area contributed by atoms with Crippen LogP contribution in [0.3, 0.4) is 0 Å². The molecule has 0 saturated heterocycles. The second-order valence-corrected chi connectivity index (χ2v) is 5.52. The van der Waals surface area contributed by atoms with Gasteiger partial charge in [0.05, 0.1) is 14.2 Å². The first kappa shape index (κ1) is 21.0. The van der Waals surface area contributed by atoms with Crippen molar-refractivity contribution in [2.45, 2.75) is 6.92 Å². The third kappa shape index (κ3) is 5.52. The van der Waals surface area contributed by atoms with Crippen LogP contribution in [0.2, 0.25) is 0 Å². The number of carbonyl (C=O) groups excluding carboxylic acids is 2. The van der Waals surface area contributed by atoms with Crippen LogP contribution in [-0.4, -0.2) is 55.8 Å². The highest BCUT2D eigenvalue weighted by atomic mass is 32.2. The van der Waals surface area contributed by atoms with E-state index in [-0.39, 0.29) is 23.3 Å². The van der Waals surface area contributed by atoms with E-state index in [1.807, 2.05) is 11.4 Å². The normalized spacial score (nSPS) is 9.50. The molecular weight excluding hydrogens is 392 g/mol. The van der Waals surface area contributed by atoms with E-state index in [1.54, 1.807) is 13.0 Å². The number of hydrogen-bond donors (Lipinski definition) is 0. The average Bonchev–Trinajstić information content (AvgIpc) is 3.24. The molecular formula is C12H14N4O8S2. The molecule has 2 aromatic heterocycles. The molecule has 0 saturated carbocycles. The number of rotatable bonds is 4. The zero-order valence-electron chi connectivity index (χ0n) is 13.8. The van der Waals surface area contributed by atoms with Crippen molar-refractivity contribution in [1.29, 1.82) is 0 Å². The number of thiophene rings is 1. The summed E-state index contributed by atoms with van der Waals surface area (Å²) in [6, 6.07) is 1.89. The van der Waals surface area contributed by atoms with Gasteiger partial charge in [-0.25, -0.2) is 14.4 Å². The topological polar surface area (TPSA) is 148 Å². The Morgan fingerprint density at radius 1 is 1.35 bits per heavy atom. The Bertz CT molecular complexity index is 935. The Kier molecular flexibility index (Phi) is 8.17. The van der Waals surface area contributed by atoms with Gasteiger partial charge in [-0.05, 0) is 18.4 Å². The van der Waals surface area contributed by atoms with E-state index in [0.717, 1.165) is 0 Å². The fraction of sp³-hybridized carbons (Fsp3) is 0.333. The van der Waals surface area contributed by atoms with E-state index in [4.69, 9.17) is 4.84 Å². The van der Waals surface area contributed by atoms with Crippen molar-refractivity contribution in [2.24, 2.45) is 4.36 Å². The summed E-state index contributed by atoms with van der Waals surface area (Å²) in [5, 5.41) is 5.24. The van der Waals surface area contributed by atoms with Crippen LogP contribution < -0.4 is 15.3 Å². The molecule has 0 bridgehead atoms. The second kappa shape index (κ2) is 10.1. The van der Waals surface area contributed by atoms with E-state index in [0.29, 0.717) is 9.61 Å². The molecule has 2 aromatic rings. The van der Waals surface area contributed by atoms with Gasteiger partial charge in [0.2, 0.25) is 0 Å². The Morgan fingerprint density at radius 2 is 2.04 bits per heavy atom. The average molecular weight is 406 g/mol. The van der Waals surface area contributed by atoms with Gasteiger partial charge in [0.25, 0.3) is 0 Å². The van der Waals surface area contributed by atoms with Crippen molar-refractivity contribution in [3.8, 4) is 6.01 Å². The summed E-state index contributed by atoms with van der Waals surface area (Å²) in [6.07, 6.45) is 0. The van der Waals surface area contributed by atoms with Crippen molar-refractivity contribution in [1.82, 2.24) is 14.5 Å². The molecule has 2 rings (SSSR count). The lowest BCUT2D eigenvalue weighted by Crippen LogP contribution is -2.32. The van der Waals surface area contributed by atoms with Crippen LogP contribution in [0.5, 0.6) is 6.01 Å². The van der Waals surface area contributed by atoms with Gasteiger partial charge >= 0.3 is 34.2 Å². The molecule has 0 aliphatic heterocycles. The van der Waals surface area contributed by atoms with Crippen LogP contribution in [0.4, 0.5) is 4.79 Å². The van der Waals surface area contributed by atoms with Crippen molar-refractivity contribution in [2.75, 3.05) is 20.8 Å². The molecule has 0 aliphatic rings. The number of ether oxygens (including phenoxy) is 2. The summed E-state index contributed by atoms with van der Waals surface area (Å²) in [7, 11) is -0.392. The summed E-state index contributed by atoms with van der Waals surface area (Å²) in [5.74, 6) is -0.259. The maximum absolute atomic E-state index is 11.5. The molecule has 2 heterocycles. The van der Waals surface area contributed by atoms with E-state index >= 15 is 0 Å². The fourth-order valence-electron chi connectivity index (χ4n) is 1.42. The largest absolute Gasteiger partial charge is 0.465 e. The van der Waals surface area contributed by atoms with Crippen LogP contribution in [-0.2, 0) is 15.2 Å². The molecule has 0 atom stereocenters. The first-order valence-electron chi connectivity index (χ1n) is 6.72. The molecule has 0 unspecified atom stereocenters. The Balaban J connectivity index is 0.000000314. The summed E-state index contributed by atoms with van der Waals surface area (Å²) >= 11 is 1.38. The van der Waals surface area contributed by atoms with Gasteiger partial charge in [-0.15, -0.1) is 21.1 Å². The van der Waals surface area contributed by atoms with Crippen molar-refractivity contribution in [3.05, 3.63) is 32.9 Å². The predicted octanol–water partition coefficient (Wildman–Crippen LogP) is 0.0674. The van der Waals surface area contributed by atoms with E-state index < -0.39 is 22.2 Å². The van der Waals surface area contributed by atoms with Gasteiger partial charge in [0, 0.05) is 0 Å². The molecule has 26 heavy (non-hydrogen) atoms. The number of methoxy groups -OCH3 is 2. The summed E-state index contributed by atoms with van der Waals surface area (Å²) in [6.45, 7) is 1.73. The van der Waals surface area contributed by atoms with Crippen LogP contribution in [0.1, 0.15) is 16.6 Å². The smallest absolute Gasteiger partial charge is 0.391 e.